The fourth-order valence-corrected chi connectivity index (χ4v) is 7.52. The Balaban J connectivity index is 1.37. The SMILES string of the molecule is CCOC(=O)c1cnccc1[AsH]c1nc(-c2nn(Cc3ccccc3F)c3c2CCC3)ncc1OCC1(CO)COC1. The summed E-state index contributed by atoms with van der Waals surface area (Å²) in [6.45, 7) is 3.36. The quantitative estimate of drug-likeness (QED) is 0.192. The first kappa shape index (κ1) is 28.5. The second-order valence-electron chi connectivity index (χ2n) is 10.5. The zero-order chi connectivity index (χ0) is 29.1. The fraction of sp³-hybridized carbons (Fsp3) is 0.367. The molecule has 0 saturated carbocycles. The topological polar surface area (TPSA) is 121 Å². The van der Waals surface area contributed by atoms with Crippen molar-refractivity contribution in [3.63, 3.8) is 0 Å². The molecule has 10 nitrogen and oxygen atoms in total. The Morgan fingerprint density at radius 2 is 2.07 bits per heavy atom. The average Bonchev–Trinajstić information content (AvgIpc) is 3.59. The molecule has 1 unspecified atom stereocenters. The maximum absolute atomic E-state index is 14.5. The molecule has 4 heterocycles. The van der Waals surface area contributed by atoms with E-state index in [1.54, 1.807) is 31.5 Å². The number of pyridine rings is 1. The number of aliphatic hydroxyl groups is 1. The molecule has 218 valence electrons. The summed E-state index contributed by atoms with van der Waals surface area (Å²) < 4.78 is 34.6. The number of benzene rings is 1. The van der Waals surface area contributed by atoms with Gasteiger partial charge in [-0.05, 0) is 0 Å². The zero-order valence-electron chi connectivity index (χ0n) is 23.2. The summed E-state index contributed by atoms with van der Waals surface area (Å²) >= 11 is -1.23. The standard InChI is InChI=1S/C30H31AsFN5O5/c1-2-41-29(39)21-12-33-11-10-22(21)31-27-25(42-18-30(15-38)16-40-17-30)13-34-28(35-27)26-20-7-5-9-24(20)37(36-26)14-19-6-3-4-8-23(19)32/h3-4,6,8,10-13,31,38H,2,5,7,9,14-18H2,1H3. The molecular formula is C30H31AsFN5O5. The summed E-state index contributed by atoms with van der Waals surface area (Å²) in [4.78, 5) is 26.5. The van der Waals surface area contributed by atoms with E-state index in [1.807, 2.05) is 16.8 Å². The summed E-state index contributed by atoms with van der Waals surface area (Å²) in [7, 11) is 0. The van der Waals surface area contributed by atoms with Crippen molar-refractivity contribution in [1.82, 2.24) is 24.7 Å². The Hall–Kier alpha value is -3.66. The van der Waals surface area contributed by atoms with Gasteiger partial charge in [-0.25, -0.2) is 0 Å². The third-order valence-corrected chi connectivity index (χ3v) is 10.2. The second kappa shape index (κ2) is 12.3. The van der Waals surface area contributed by atoms with Gasteiger partial charge in [0.2, 0.25) is 0 Å². The number of halogens is 1. The number of carbonyl (C=O) groups is 1. The molecule has 3 aromatic heterocycles. The van der Waals surface area contributed by atoms with E-state index < -0.39 is 27.1 Å². The molecule has 0 spiro atoms. The van der Waals surface area contributed by atoms with Gasteiger partial charge in [0.15, 0.2) is 0 Å². The number of rotatable bonds is 11. The first-order valence-corrected chi connectivity index (χ1v) is 16.0. The second-order valence-corrected chi connectivity index (χ2v) is 13.1. The van der Waals surface area contributed by atoms with Crippen molar-refractivity contribution in [3.05, 3.63) is 77.1 Å². The number of nitrogens with zero attached hydrogens (tertiary/aromatic N) is 5. The van der Waals surface area contributed by atoms with Crippen LogP contribution in [0.4, 0.5) is 4.39 Å². The first-order chi connectivity index (χ1) is 20.5. The summed E-state index contributed by atoms with van der Waals surface area (Å²) in [5.74, 6) is 0.255. The molecule has 1 atom stereocenters. The van der Waals surface area contributed by atoms with Crippen LogP contribution in [0.3, 0.4) is 0 Å². The van der Waals surface area contributed by atoms with Crippen molar-refractivity contribution < 1.29 is 28.5 Å². The van der Waals surface area contributed by atoms with Gasteiger partial charge < -0.3 is 0 Å². The minimum atomic E-state index is -1.23. The van der Waals surface area contributed by atoms with Crippen molar-refractivity contribution >= 4 is 30.6 Å². The van der Waals surface area contributed by atoms with Gasteiger partial charge in [-0.1, -0.05) is 0 Å². The van der Waals surface area contributed by atoms with Crippen molar-refractivity contribution in [2.24, 2.45) is 5.41 Å². The molecule has 0 amide bonds. The van der Waals surface area contributed by atoms with Crippen molar-refractivity contribution in [2.75, 3.05) is 33.0 Å². The van der Waals surface area contributed by atoms with Gasteiger partial charge in [-0.2, -0.15) is 0 Å². The molecule has 0 bridgehead atoms. The van der Waals surface area contributed by atoms with E-state index in [0.29, 0.717) is 52.6 Å². The van der Waals surface area contributed by atoms with Gasteiger partial charge in [0, 0.05) is 0 Å². The predicted octanol–water partition coefficient (Wildman–Crippen LogP) is 1.36. The van der Waals surface area contributed by atoms with Crippen molar-refractivity contribution in [2.45, 2.75) is 32.7 Å². The number of aliphatic hydroxyl groups excluding tert-OH is 1. The van der Waals surface area contributed by atoms with Crippen LogP contribution in [-0.4, -0.2) is 84.6 Å². The number of hydrogen-bond donors (Lipinski definition) is 1. The van der Waals surface area contributed by atoms with Crippen LogP contribution in [0.15, 0.2) is 48.9 Å². The Labute approximate surface area is 249 Å². The predicted molar refractivity (Wildman–Crippen MR) is 153 cm³/mol. The Morgan fingerprint density at radius 3 is 2.83 bits per heavy atom. The Kier molecular flexibility index (Phi) is 8.33. The minimum absolute atomic E-state index is 0.0551. The number of ether oxygens (including phenoxy) is 3. The van der Waals surface area contributed by atoms with Crippen LogP contribution >= 0.6 is 0 Å². The molecule has 1 aromatic carbocycles. The number of fused-ring (bicyclic) bond motifs is 1. The van der Waals surface area contributed by atoms with Crippen LogP contribution in [0.25, 0.3) is 11.5 Å². The zero-order valence-corrected chi connectivity index (χ0v) is 25.3. The maximum atomic E-state index is 14.5. The molecule has 1 saturated heterocycles. The van der Waals surface area contributed by atoms with Crippen molar-refractivity contribution in [3.8, 4) is 17.3 Å². The van der Waals surface area contributed by atoms with E-state index >= 15 is 0 Å². The van der Waals surface area contributed by atoms with Gasteiger partial charge in [0.05, 0.1) is 0 Å². The number of esters is 1. The van der Waals surface area contributed by atoms with Gasteiger partial charge in [0.25, 0.3) is 0 Å². The molecule has 12 heteroatoms. The van der Waals surface area contributed by atoms with Crippen LogP contribution in [0.2, 0.25) is 0 Å². The molecule has 4 aromatic rings. The molecule has 1 fully saturated rings. The van der Waals surface area contributed by atoms with Crippen LogP contribution in [0, 0.1) is 11.2 Å². The van der Waals surface area contributed by atoms with E-state index in [4.69, 9.17) is 24.3 Å². The van der Waals surface area contributed by atoms with E-state index in [2.05, 4.69) is 9.97 Å². The molecule has 6 rings (SSSR count). The number of carbonyl (C=O) groups excluding carboxylic acids is 1. The summed E-state index contributed by atoms with van der Waals surface area (Å²) in [6, 6.07) is 8.54. The van der Waals surface area contributed by atoms with Gasteiger partial charge in [-0.15, -0.1) is 0 Å². The van der Waals surface area contributed by atoms with Crippen LogP contribution in [0.1, 0.15) is 40.5 Å². The monoisotopic (exact) mass is 635 g/mol. The normalized spacial score (nSPS) is 15.5. The molecule has 1 aliphatic carbocycles. The third kappa shape index (κ3) is 5.69. The van der Waals surface area contributed by atoms with Crippen molar-refractivity contribution in [1.29, 1.82) is 0 Å². The average molecular weight is 636 g/mol. The van der Waals surface area contributed by atoms with Crippen LogP contribution in [-0.2, 0) is 28.9 Å². The molecular weight excluding hydrogens is 604 g/mol. The third-order valence-electron chi connectivity index (χ3n) is 7.51. The van der Waals surface area contributed by atoms with E-state index in [-0.39, 0.29) is 25.6 Å². The number of aromatic nitrogens is 5. The van der Waals surface area contributed by atoms with Crippen LogP contribution < -0.4 is 13.6 Å². The summed E-state index contributed by atoms with van der Waals surface area (Å²) in [6.07, 6.45) is 7.48. The van der Waals surface area contributed by atoms with E-state index in [9.17, 15) is 14.3 Å². The van der Waals surface area contributed by atoms with Gasteiger partial charge in [-0.3, -0.25) is 0 Å². The number of hydrogen-bond acceptors (Lipinski definition) is 9. The van der Waals surface area contributed by atoms with Crippen LogP contribution in [0.5, 0.6) is 5.75 Å². The Morgan fingerprint density at radius 1 is 1.21 bits per heavy atom. The summed E-state index contributed by atoms with van der Waals surface area (Å²) in [5.41, 5.74) is 3.34. The summed E-state index contributed by atoms with van der Waals surface area (Å²) in [5, 5.41) is 14.8. The molecule has 2 aliphatic rings. The van der Waals surface area contributed by atoms with Gasteiger partial charge >= 0.3 is 249 Å². The van der Waals surface area contributed by atoms with Gasteiger partial charge in [0.1, 0.15) is 0 Å². The van der Waals surface area contributed by atoms with E-state index in [0.717, 1.165) is 34.9 Å². The van der Waals surface area contributed by atoms with E-state index in [1.165, 1.54) is 12.3 Å². The molecule has 0 radical (unpaired) electrons. The first-order valence-electron chi connectivity index (χ1n) is 13.9. The Bertz CT molecular complexity index is 1600. The fourth-order valence-electron chi connectivity index (χ4n) is 5.13. The molecule has 1 N–H and O–H groups in total. The molecule has 42 heavy (non-hydrogen) atoms. The molecule has 1 aliphatic heterocycles.